The molecule has 3 aromatic carbocycles. The van der Waals surface area contributed by atoms with Crippen molar-refractivity contribution in [2.75, 3.05) is 13.1 Å². The van der Waals surface area contributed by atoms with Crippen LogP contribution in [0, 0.1) is 0 Å². The number of benzene rings is 3. The van der Waals surface area contributed by atoms with Crippen molar-refractivity contribution in [2.45, 2.75) is 31.8 Å². The number of amides is 1. The molecule has 0 unspecified atom stereocenters. The van der Waals surface area contributed by atoms with Gasteiger partial charge >= 0.3 is 6.09 Å². The van der Waals surface area contributed by atoms with Crippen LogP contribution in [-0.2, 0) is 24.4 Å². The normalized spacial score (nSPS) is 17.9. The Balaban J connectivity index is 1.50. The molecule has 1 saturated heterocycles. The van der Waals surface area contributed by atoms with Gasteiger partial charge in [0.2, 0.25) is 0 Å². The number of rotatable bonds is 7. The smallest absolute Gasteiger partial charge is 0.410 e. The number of aliphatic hydroxyl groups is 1. The molecule has 5 nitrogen and oxygen atoms in total. The zero-order chi connectivity index (χ0) is 24.1. The molecule has 1 fully saturated rings. The minimum Gasteiger partial charge on any atom is -0.445 e. The van der Waals surface area contributed by atoms with E-state index in [4.69, 9.17) is 39.5 Å². The van der Waals surface area contributed by atoms with Gasteiger partial charge in [0.15, 0.2) is 0 Å². The highest BCUT2D eigenvalue weighted by Crippen LogP contribution is 2.27. The number of carbonyl (C=O) groups excluding carboxylic acids is 1. The maximum Gasteiger partial charge on any atom is 0.410 e. The highest BCUT2D eigenvalue weighted by atomic mass is 35.5. The van der Waals surface area contributed by atoms with Gasteiger partial charge in [0.1, 0.15) is 6.61 Å². The summed E-state index contributed by atoms with van der Waals surface area (Å²) in [5, 5.41) is 12.6. The van der Waals surface area contributed by atoms with Gasteiger partial charge in [-0.05, 0) is 41.0 Å². The lowest BCUT2D eigenvalue weighted by molar-refractivity contribution is 0.0728. The molecule has 0 saturated carbocycles. The van der Waals surface area contributed by atoms with Gasteiger partial charge in [-0.2, -0.15) is 0 Å². The zero-order valence-electron chi connectivity index (χ0n) is 18.4. The van der Waals surface area contributed by atoms with Crippen molar-refractivity contribution in [3.05, 3.63) is 105 Å². The van der Waals surface area contributed by atoms with Gasteiger partial charge in [0, 0.05) is 34.7 Å². The minimum absolute atomic E-state index is 0.182. The fourth-order valence-corrected chi connectivity index (χ4v) is 4.93. The minimum atomic E-state index is -0.749. The SMILES string of the molecule is O=C(OCc1ccccc1)N1C[C@@H](O)[C@H](N(Cc2cc(Cl)cc(Cl)c2)Cc2ccccc2Cl)C1. The van der Waals surface area contributed by atoms with Crippen molar-refractivity contribution in [3.8, 4) is 0 Å². The molecular weight excluding hydrogens is 495 g/mol. The fourth-order valence-electron chi connectivity index (χ4n) is 4.16. The Morgan fingerprint density at radius 3 is 2.29 bits per heavy atom. The second kappa shape index (κ2) is 11.4. The van der Waals surface area contributed by atoms with Crippen LogP contribution in [0.4, 0.5) is 4.79 Å². The van der Waals surface area contributed by atoms with Gasteiger partial charge in [0.05, 0.1) is 18.7 Å². The third-order valence-corrected chi connectivity index (χ3v) is 6.64. The molecular formula is C26H25Cl3N2O3. The average Bonchev–Trinajstić information content (AvgIpc) is 3.20. The first-order chi connectivity index (χ1) is 16.4. The van der Waals surface area contributed by atoms with Crippen LogP contribution in [0.3, 0.4) is 0 Å². The van der Waals surface area contributed by atoms with Crippen LogP contribution in [0.2, 0.25) is 15.1 Å². The van der Waals surface area contributed by atoms with E-state index in [1.807, 2.05) is 66.7 Å². The first-order valence-corrected chi connectivity index (χ1v) is 12.1. The Labute approximate surface area is 214 Å². The first kappa shape index (κ1) is 24.8. The van der Waals surface area contributed by atoms with Crippen LogP contribution in [0.15, 0.2) is 72.8 Å². The Morgan fingerprint density at radius 2 is 1.59 bits per heavy atom. The van der Waals surface area contributed by atoms with Crippen LogP contribution in [0.25, 0.3) is 0 Å². The van der Waals surface area contributed by atoms with E-state index in [9.17, 15) is 9.90 Å². The van der Waals surface area contributed by atoms with Crippen molar-refractivity contribution in [2.24, 2.45) is 0 Å². The number of halogens is 3. The summed E-state index contributed by atoms with van der Waals surface area (Å²) in [6.07, 6.45) is -1.20. The van der Waals surface area contributed by atoms with Gasteiger partial charge < -0.3 is 14.7 Å². The summed E-state index contributed by atoms with van der Waals surface area (Å²) in [5.74, 6) is 0. The summed E-state index contributed by atoms with van der Waals surface area (Å²) in [6, 6.07) is 22.1. The standard InChI is InChI=1S/C26H25Cl3N2O3/c27-21-10-19(11-22(28)12-21)13-30(14-20-8-4-5-9-23(20)29)24-15-31(16-25(24)32)26(33)34-17-18-6-2-1-3-7-18/h1-12,24-25,32H,13-17H2/t24-,25-/m1/s1. The summed E-state index contributed by atoms with van der Waals surface area (Å²) in [7, 11) is 0. The number of likely N-dealkylation sites (tertiary alicyclic amines) is 1. The molecule has 3 aromatic rings. The van der Waals surface area contributed by atoms with E-state index in [2.05, 4.69) is 4.90 Å². The number of hydrogen-bond acceptors (Lipinski definition) is 4. The molecule has 1 heterocycles. The van der Waals surface area contributed by atoms with E-state index in [0.29, 0.717) is 34.7 Å². The summed E-state index contributed by atoms with van der Waals surface area (Å²) in [5.41, 5.74) is 2.74. The van der Waals surface area contributed by atoms with Crippen LogP contribution >= 0.6 is 34.8 Å². The number of aliphatic hydroxyl groups excluding tert-OH is 1. The van der Waals surface area contributed by atoms with Gasteiger partial charge in [-0.25, -0.2) is 4.79 Å². The van der Waals surface area contributed by atoms with Crippen LogP contribution in [0.1, 0.15) is 16.7 Å². The van der Waals surface area contributed by atoms with Crippen molar-refractivity contribution < 1.29 is 14.6 Å². The molecule has 0 bridgehead atoms. The summed E-state index contributed by atoms with van der Waals surface area (Å²) in [6.45, 7) is 1.65. The third kappa shape index (κ3) is 6.44. The monoisotopic (exact) mass is 518 g/mol. The second-order valence-corrected chi connectivity index (χ2v) is 9.63. The van der Waals surface area contributed by atoms with Crippen LogP contribution in [-0.4, -0.2) is 46.2 Å². The molecule has 1 aliphatic rings. The Bertz CT molecular complexity index is 1110. The van der Waals surface area contributed by atoms with Crippen LogP contribution in [0.5, 0.6) is 0 Å². The van der Waals surface area contributed by atoms with Crippen molar-refractivity contribution in [1.82, 2.24) is 9.80 Å². The number of nitrogens with zero attached hydrogens (tertiary/aromatic N) is 2. The Morgan fingerprint density at radius 1 is 0.912 bits per heavy atom. The molecule has 0 spiro atoms. The van der Waals surface area contributed by atoms with Crippen molar-refractivity contribution in [1.29, 1.82) is 0 Å². The topological polar surface area (TPSA) is 53.0 Å². The molecule has 1 N–H and O–H groups in total. The van der Waals surface area contributed by atoms with Gasteiger partial charge in [-0.1, -0.05) is 83.3 Å². The Hall–Kier alpha value is -2.28. The molecule has 0 radical (unpaired) electrons. The summed E-state index contributed by atoms with van der Waals surface area (Å²) < 4.78 is 5.48. The highest BCUT2D eigenvalue weighted by Gasteiger charge is 2.38. The van der Waals surface area contributed by atoms with Crippen molar-refractivity contribution in [3.63, 3.8) is 0 Å². The lowest BCUT2D eigenvalue weighted by Crippen LogP contribution is -2.42. The molecule has 34 heavy (non-hydrogen) atoms. The number of hydrogen-bond donors (Lipinski definition) is 1. The largest absolute Gasteiger partial charge is 0.445 e. The van der Waals surface area contributed by atoms with E-state index >= 15 is 0 Å². The molecule has 178 valence electrons. The number of ether oxygens (including phenoxy) is 1. The Kier molecular flexibility index (Phi) is 8.35. The van der Waals surface area contributed by atoms with E-state index in [0.717, 1.165) is 16.7 Å². The van der Waals surface area contributed by atoms with E-state index in [1.54, 1.807) is 11.0 Å². The van der Waals surface area contributed by atoms with Gasteiger partial charge in [-0.15, -0.1) is 0 Å². The zero-order valence-corrected chi connectivity index (χ0v) is 20.7. The van der Waals surface area contributed by atoms with E-state index in [-0.39, 0.29) is 19.2 Å². The molecule has 1 aliphatic heterocycles. The van der Waals surface area contributed by atoms with Crippen LogP contribution < -0.4 is 0 Å². The van der Waals surface area contributed by atoms with Gasteiger partial charge in [0.25, 0.3) is 0 Å². The molecule has 1 amide bonds. The predicted octanol–water partition coefficient (Wildman–Crippen LogP) is 6.03. The van der Waals surface area contributed by atoms with E-state index < -0.39 is 12.2 Å². The van der Waals surface area contributed by atoms with Crippen molar-refractivity contribution >= 4 is 40.9 Å². The maximum absolute atomic E-state index is 12.7. The lowest BCUT2D eigenvalue weighted by atomic mass is 10.1. The lowest BCUT2D eigenvalue weighted by Gasteiger charge is -2.31. The average molecular weight is 520 g/mol. The fraction of sp³-hybridized carbons (Fsp3) is 0.269. The molecule has 4 rings (SSSR count). The second-order valence-electron chi connectivity index (χ2n) is 8.35. The van der Waals surface area contributed by atoms with E-state index in [1.165, 1.54) is 0 Å². The molecule has 0 aliphatic carbocycles. The molecule has 0 aromatic heterocycles. The maximum atomic E-state index is 12.7. The molecule has 2 atom stereocenters. The highest BCUT2D eigenvalue weighted by molar-refractivity contribution is 6.34. The molecule has 8 heteroatoms. The summed E-state index contributed by atoms with van der Waals surface area (Å²) >= 11 is 18.9. The number of carbonyl (C=O) groups is 1. The first-order valence-electron chi connectivity index (χ1n) is 10.9. The number of β-amino-alcohol motifs (C(OH)–C–C–N with tert-alkyl or cyclic N) is 1. The van der Waals surface area contributed by atoms with Gasteiger partial charge in [-0.3, -0.25) is 4.90 Å². The third-order valence-electron chi connectivity index (χ3n) is 5.83. The quantitative estimate of drug-likeness (QED) is 0.414. The predicted molar refractivity (Wildman–Crippen MR) is 135 cm³/mol. The summed E-state index contributed by atoms with van der Waals surface area (Å²) in [4.78, 5) is 16.4.